The maximum Gasteiger partial charge on any atom is 0.265 e. The molecule has 0 aliphatic rings. The number of carbonyl (C=O) groups excluding carboxylic acids is 2. The number of ether oxygens (including phenoxy) is 1. The van der Waals surface area contributed by atoms with Gasteiger partial charge in [0, 0.05) is 52.8 Å². The second-order valence-corrected chi connectivity index (χ2v) is 11.9. The van der Waals surface area contributed by atoms with Crippen LogP contribution in [0.2, 0.25) is 0 Å². The molecule has 0 radical (unpaired) electrons. The summed E-state index contributed by atoms with van der Waals surface area (Å²) >= 11 is 0. The van der Waals surface area contributed by atoms with Crippen LogP contribution < -0.4 is 14.8 Å². The molecule has 4 rings (SSSR count). The predicted molar refractivity (Wildman–Crippen MR) is 166 cm³/mol. The highest BCUT2D eigenvalue weighted by atomic mass is 32.2. The molecular weight excluding hydrogens is 550 g/mol. The summed E-state index contributed by atoms with van der Waals surface area (Å²) < 4.78 is 35.7. The highest BCUT2D eigenvalue weighted by molar-refractivity contribution is 7.90. The summed E-state index contributed by atoms with van der Waals surface area (Å²) in [5.41, 5.74) is 4.03. The van der Waals surface area contributed by atoms with Gasteiger partial charge in [0.15, 0.2) is 0 Å². The molecule has 1 heterocycles. The number of aryl methyl sites for hydroxylation is 1. The van der Waals surface area contributed by atoms with E-state index in [1.54, 1.807) is 43.3 Å². The lowest BCUT2D eigenvalue weighted by Gasteiger charge is -2.17. The average Bonchev–Trinajstić information content (AvgIpc) is 3.34. The minimum absolute atomic E-state index is 0.0462. The maximum absolute atomic E-state index is 13.0. The van der Waals surface area contributed by atoms with Crippen LogP contribution in [0.1, 0.15) is 70.0 Å². The summed E-state index contributed by atoms with van der Waals surface area (Å²) in [6.07, 6.45) is 5.77. The average molecular weight is 588 g/mol. The Hall–Kier alpha value is -4.37. The Bertz CT molecular complexity index is 1740. The van der Waals surface area contributed by atoms with Crippen molar-refractivity contribution in [2.24, 2.45) is 0 Å². The van der Waals surface area contributed by atoms with E-state index in [0.717, 1.165) is 34.9 Å². The predicted octanol–water partition coefficient (Wildman–Crippen LogP) is 5.94. The number of hydrogen-bond acceptors (Lipinski definition) is 5. The molecule has 3 aromatic carbocycles. The smallest absolute Gasteiger partial charge is 0.265 e. The van der Waals surface area contributed by atoms with Crippen molar-refractivity contribution >= 4 is 32.7 Å². The first-order valence-corrected chi connectivity index (χ1v) is 15.4. The second-order valence-electron chi connectivity index (χ2n) is 10.2. The number of carbonyl (C=O) groups is 2. The second kappa shape index (κ2) is 13.1. The van der Waals surface area contributed by atoms with Crippen LogP contribution >= 0.6 is 0 Å². The van der Waals surface area contributed by atoms with E-state index in [1.165, 1.54) is 13.2 Å². The molecule has 0 aliphatic carbocycles. The first kappa shape index (κ1) is 30.6. The van der Waals surface area contributed by atoms with Crippen molar-refractivity contribution in [3.8, 4) is 5.75 Å². The van der Waals surface area contributed by atoms with Crippen molar-refractivity contribution in [1.82, 2.24) is 14.6 Å². The van der Waals surface area contributed by atoms with Gasteiger partial charge >= 0.3 is 0 Å². The molecule has 1 aromatic heterocycles. The Kier molecular flexibility index (Phi) is 9.52. The lowest BCUT2D eigenvalue weighted by Crippen LogP contribution is -2.31. The van der Waals surface area contributed by atoms with Crippen LogP contribution in [-0.4, -0.2) is 38.5 Å². The van der Waals surface area contributed by atoms with Crippen molar-refractivity contribution < 1.29 is 22.7 Å². The van der Waals surface area contributed by atoms with Gasteiger partial charge in [0.2, 0.25) is 0 Å². The van der Waals surface area contributed by atoms with Crippen LogP contribution in [0, 0.1) is 6.92 Å². The Morgan fingerprint density at radius 2 is 1.74 bits per heavy atom. The molecule has 0 bridgehead atoms. The van der Waals surface area contributed by atoms with Crippen LogP contribution in [0.5, 0.6) is 5.75 Å². The van der Waals surface area contributed by atoms with Crippen molar-refractivity contribution in [1.29, 1.82) is 0 Å². The number of hydrogen-bond donors (Lipinski definition) is 2. The lowest BCUT2D eigenvalue weighted by atomic mass is 9.91. The SMILES string of the molecule is C=CCn1cc(C(C)c2ccc(C(=O)NS(=O)(=O)c3ccccc3C)cc2OC)c2cc(C(=O)NCCCC)ccc21. The summed E-state index contributed by atoms with van der Waals surface area (Å²) in [5.74, 6) is -0.604. The van der Waals surface area contributed by atoms with Gasteiger partial charge in [-0.15, -0.1) is 6.58 Å². The van der Waals surface area contributed by atoms with Gasteiger partial charge in [-0.25, -0.2) is 13.1 Å². The van der Waals surface area contributed by atoms with Crippen molar-refractivity contribution in [2.75, 3.05) is 13.7 Å². The molecule has 2 amide bonds. The molecule has 0 fully saturated rings. The van der Waals surface area contributed by atoms with Crippen molar-refractivity contribution in [2.45, 2.75) is 51.0 Å². The highest BCUT2D eigenvalue weighted by Crippen LogP contribution is 2.37. The third-order valence-corrected chi connectivity index (χ3v) is 8.85. The maximum atomic E-state index is 13.0. The van der Waals surface area contributed by atoms with E-state index in [2.05, 4.69) is 28.1 Å². The molecule has 9 heteroatoms. The number of nitrogens with zero attached hydrogens (tertiary/aromatic N) is 1. The van der Waals surface area contributed by atoms with Gasteiger partial charge < -0.3 is 14.6 Å². The van der Waals surface area contributed by atoms with Gasteiger partial charge in [-0.05, 0) is 60.9 Å². The highest BCUT2D eigenvalue weighted by Gasteiger charge is 2.24. The summed E-state index contributed by atoms with van der Waals surface area (Å²) in [4.78, 5) is 25.9. The van der Waals surface area contributed by atoms with Crippen LogP contribution in [0.4, 0.5) is 0 Å². The van der Waals surface area contributed by atoms with Crippen LogP contribution in [-0.2, 0) is 16.6 Å². The minimum Gasteiger partial charge on any atom is -0.496 e. The fourth-order valence-corrected chi connectivity index (χ4v) is 6.27. The number of rotatable bonds is 12. The van der Waals surface area contributed by atoms with Gasteiger partial charge in [-0.3, -0.25) is 9.59 Å². The van der Waals surface area contributed by atoms with Gasteiger partial charge in [0.25, 0.3) is 21.8 Å². The molecule has 220 valence electrons. The minimum atomic E-state index is -4.06. The van der Waals surface area contributed by atoms with Gasteiger partial charge in [-0.2, -0.15) is 0 Å². The van der Waals surface area contributed by atoms with Gasteiger partial charge in [-0.1, -0.05) is 50.6 Å². The fraction of sp³-hybridized carbons (Fsp3) is 0.273. The van der Waals surface area contributed by atoms with E-state index in [1.807, 2.05) is 37.4 Å². The normalized spacial score (nSPS) is 12.1. The first-order chi connectivity index (χ1) is 20.1. The third kappa shape index (κ3) is 6.41. The Morgan fingerprint density at radius 3 is 2.43 bits per heavy atom. The Labute approximate surface area is 247 Å². The molecule has 1 unspecified atom stereocenters. The zero-order valence-electron chi connectivity index (χ0n) is 24.4. The summed E-state index contributed by atoms with van der Waals surface area (Å²) in [7, 11) is -2.55. The van der Waals surface area contributed by atoms with E-state index in [-0.39, 0.29) is 22.3 Å². The van der Waals surface area contributed by atoms with E-state index in [4.69, 9.17) is 4.74 Å². The first-order valence-electron chi connectivity index (χ1n) is 13.9. The van der Waals surface area contributed by atoms with E-state index < -0.39 is 15.9 Å². The number of unbranched alkanes of at least 4 members (excludes halogenated alkanes) is 1. The molecule has 42 heavy (non-hydrogen) atoms. The molecule has 0 spiro atoms. The Morgan fingerprint density at radius 1 is 1.02 bits per heavy atom. The standard InChI is InChI=1S/C33H37N3O5S/c1-6-8-17-34-32(37)24-14-16-29-27(19-24)28(21-36(29)18-7-2)23(4)26-15-13-25(20-30(26)41-5)33(38)35-42(39,40)31-12-10-9-11-22(31)3/h7,9-16,19-21,23H,2,6,8,17-18H2,1,3-5H3,(H,34,37)(H,35,38). The third-order valence-electron chi connectivity index (χ3n) is 7.35. The summed E-state index contributed by atoms with van der Waals surface area (Å²) in [5, 5.41) is 3.91. The van der Waals surface area contributed by atoms with E-state index in [9.17, 15) is 18.0 Å². The number of allylic oxidation sites excluding steroid dienone is 1. The number of aromatic nitrogens is 1. The fourth-order valence-electron chi connectivity index (χ4n) is 5.05. The molecule has 8 nitrogen and oxygen atoms in total. The van der Waals surface area contributed by atoms with Crippen molar-refractivity contribution in [3.63, 3.8) is 0 Å². The lowest BCUT2D eigenvalue weighted by molar-refractivity contribution is 0.0951. The van der Waals surface area contributed by atoms with E-state index in [0.29, 0.717) is 30.0 Å². The van der Waals surface area contributed by atoms with Crippen LogP contribution in [0.3, 0.4) is 0 Å². The van der Waals surface area contributed by atoms with Gasteiger partial charge in [0.05, 0.1) is 12.0 Å². The van der Waals surface area contributed by atoms with Crippen molar-refractivity contribution in [3.05, 3.63) is 107 Å². The summed E-state index contributed by atoms with van der Waals surface area (Å²) in [6.45, 7) is 10.9. The molecule has 2 N–H and O–H groups in total. The molecule has 0 saturated carbocycles. The molecule has 0 saturated heterocycles. The largest absolute Gasteiger partial charge is 0.496 e. The monoisotopic (exact) mass is 587 g/mol. The van der Waals surface area contributed by atoms with E-state index >= 15 is 0 Å². The number of nitrogens with one attached hydrogen (secondary N) is 2. The number of amides is 2. The zero-order valence-corrected chi connectivity index (χ0v) is 25.3. The molecule has 4 aromatic rings. The number of fused-ring (bicyclic) bond motifs is 1. The summed E-state index contributed by atoms with van der Waals surface area (Å²) in [6, 6.07) is 17.1. The van der Waals surface area contributed by atoms with Crippen LogP contribution in [0.15, 0.2) is 84.4 Å². The molecule has 1 atom stereocenters. The quantitative estimate of drug-likeness (QED) is 0.158. The Balaban J connectivity index is 1.68. The number of methoxy groups -OCH3 is 1. The zero-order chi connectivity index (χ0) is 30.4. The number of benzene rings is 3. The topological polar surface area (TPSA) is 106 Å². The molecular formula is C33H37N3O5S. The van der Waals surface area contributed by atoms with Crippen LogP contribution in [0.25, 0.3) is 10.9 Å². The number of sulfonamides is 1. The van der Waals surface area contributed by atoms with Gasteiger partial charge in [0.1, 0.15) is 5.75 Å². The molecule has 0 aliphatic heterocycles.